The fraction of sp³-hybridized carbons (Fsp3) is 0.846. The van der Waals surface area contributed by atoms with Crippen molar-refractivity contribution >= 4 is 11.8 Å². The lowest BCUT2D eigenvalue weighted by Crippen LogP contribution is -2.53. The van der Waals surface area contributed by atoms with Gasteiger partial charge in [-0.05, 0) is 19.8 Å². The van der Waals surface area contributed by atoms with Crippen LogP contribution in [0.3, 0.4) is 0 Å². The number of carbonyl (C=O) groups excluding carboxylic acids is 2. The smallest absolute Gasteiger partial charge is 0.239 e. The summed E-state index contributed by atoms with van der Waals surface area (Å²) in [5.41, 5.74) is 0. The molecule has 19 heavy (non-hydrogen) atoms. The van der Waals surface area contributed by atoms with Crippen LogP contribution in [0.2, 0.25) is 0 Å². The lowest BCUT2D eigenvalue weighted by Gasteiger charge is -2.34. The first-order valence-corrected chi connectivity index (χ1v) is 7.04. The molecule has 1 aliphatic carbocycles. The van der Waals surface area contributed by atoms with Crippen LogP contribution in [-0.2, 0) is 9.59 Å². The summed E-state index contributed by atoms with van der Waals surface area (Å²) in [5.74, 6) is -0.0357. The summed E-state index contributed by atoms with van der Waals surface area (Å²) in [4.78, 5) is 27.4. The highest BCUT2D eigenvalue weighted by Crippen LogP contribution is 2.18. The summed E-state index contributed by atoms with van der Waals surface area (Å²) >= 11 is 0. The number of nitrogens with one attached hydrogen (secondary N) is 2. The van der Waals surface area contributed by atoms with Crippen LogP contribution in [0.15, 0.2) is 0 Å². The predicted molar refractivity (Wildman–Crippen MR) is 72.7 cm³/mol. The van der Waals surface area contributed by atoms with Gasteiger partial charge >= 0.3 is 0 Å². The summed E-state index contributed by atoms with van der Waals surface area (Å²) < 4.78 is 0. The minimum atomic E-state index is -0.0493. The van der Waals surface area contributed by atoms with Gasteiger partial charge in [0.2, 0.25) is 11.8 Å². The van der Waals surface area contributed by atoms with E-state index in [1.54, 1.807) is 7.05 Å². The molecule has 0 spiro atoms. The van der Waals surface area contributed by atoms with Crippen molar-refractivity contribution < 1.29 is 9.59 Å². The molecule has 2 amide bonds. The molecule has 6 heteroatoms. The molecule has 1 saturated carbocycles. The average molecular weight is 268 g/mol. The van der Waals surface area contributed by atoms with Gasteiger partial charge in [-0.3, -0.25) is 14.5 Å². The summed E-state index contributed by atoms with van der Waals surface area (Å²) in [7, 11) is 1.70. The molecule has 2 N–H and O–H groups in total. The molecule has 6 nitrogen and oxygen atoms in total. The Balaban J connectivity index is 1.72. The zero-order chi connectivity index (χ0) is 13.8. The van der Waals surface area contributed by atoms with Crippen LogP contribution in [0, 0.1) is 0 Å². The quantitative estimate of drug-likeness (QED) is 0.672. The highest BCUT2D eigenvalue weighted by Gasteiger charge is 2.25. The fourth-order valence-corrected chi connectivity index (χ4v) is 2.22. The first-order valence-electron chi connectivity index (χ1n) is 7.04. The lowest BCUT2D eigenvalue weighted by atomic mass is 10.2. The largest absolute Gasteiger partial charge is 0.352 e. The Hall–Kier alpha value is -1.14. The average Bonchev–Trinajstić information content (AvgIpc) is 3.15. The standard InChI is InChI=1S/C13H24N4O2/c1-10-7-14-5-6-17(10)9-13(19)16(2)8-12(18)15-11-3-4-11/h10-11,14H,3-9H2,1-2H3,(H,15,18). The van der Waals surface area contributed by atoms with Crippen molar-refractivity contribution in [3.63, 3.8) is 0 Å². The molecule has 1 aliphatic heterocycles. The SMILES string of the molecule is CC1CNCCN1CC(=O)N(C)CC(=O)NC1CC1. The van der Waals surface area contributed by atoms with Gasteiger partial charge in [-0.15, -0.1) is 0 Å². The number of nitrogens with zero attached hydrogens (tertiary/aromatic N) is 2. The first kappa shape index (κ1) is 14.3. The maximum Gasteiger partial charge on any atom is 0.239 e. The Morgan fingerprint density at radius 2 is 2.16 bits per heavy atom. The van der Waals surface area contributed by atoms with Crippen LogP contribution < -0.4 is 10.6 Å². The Morgan fingerprint density at radius 1 is 1.42 bits per heavy atom. The van der Waals surface area contributed by atoms with Crippen molar-refractivity contribution in [1.29, 1.82) is 0 Å². The number of piperazine rings is 1. The van der Waals surface area contributed by atoms with Gasteiger partial charge in [0.1, 0.15) is 0 Å². The van der Waals surface area contributed by atoms with E-state index in [4.69, 9.17) is 0 Å². The van der Waals surface area contributed by atoms with Crippen molar-refractivity contribution in [2.45, 2.75) is 31.8 Å². The van der Waals surface area contributed by atoms with Gasteiger partial charge in [0.15, 0.2) is 0 Å². The molecule has 1 heterocycles. The minimum Gasteiger partial charge on any atom is -0.352 e. The van der Waals surface area contributed by atoms with E-state index in [1.807, 2.05) is 0 Å². The van der Waals surface area contributed by atoms with Gasteiger partial charge in [0.05, 0.1) is 13.1 Å². The first-order chi connectivity index (χ1) is 9.06. The van der Waals surface area contributed by atoms with Crippen LogP contribution in [0.5, 0.6) is 0 Å². The summed E-state index contributed by atoms with van der Waals surface area (Å²) in [6.07, 6.45) is 2.14. The van der Waals surface area contributed by atoms with Crippen molar-refractivity contribution in [3.05, 3.63) is 0 Å². The number of amides is 2. The Bertz CT molecular complexity index is 344. The normalized spacial score (nSPS) is 24.0. The summed E-state index contributed by atoms with van der Waals surface area (Å²) in [6.45, 7) is 5.39. The van der Waals surface area contributed by atoms with Crippen molar-refractivity contribution in [2.24, 2.45) is 0 Å². The molecular formula is C13H24N4O2. The van der Waals surface area contributed by atoms with E-state index in [0.29, 0.717) is 18.6 Å². The second kappa shape index (κ2) is 6.34. The molecular weight excluding hydrogens is 244 g/mol. The van der Waals surface area contributed by atoms with Gasteiger partial charge in [0.25, 0.3) is 0 Å². The van der Waals surface area contributed by atoms with Gasteiger partial charge in [0, 0.05) is 38.8 Å². The Kier molecular flexibility index (Phi) is 4.76. The fourth-order valence-electron chi connectivity index (χ4n) is 2.22. The number of carbonyl (C=O) groups is 2. The third-order valence-electron chi connectivity index (χ3n) is 3.73. The monoisotopic (exact) mass is 268 g/mol. The Morgan fingerprint density at radius 3 is 2.79 bits per heavy atom. The van der Waals surface area contributed by atoms with Gasteiger partial charge in [-0.25, -0.2) is 0 Å². The molecule has 0 bridgehead atoms. The molecule has 1 saturated heterocycles. The van der Waals surface area contributed by atoms with Crippen LogP contribution in [0.4, 0.5) is 0 Å². The maximum absolute atomic E-state index is 12.1. The minimum absolute atomic E-state index is 0.0136. The molecule has 0 aromatic carbocycles. The second-order valence-electron chi connectivity index (χ2n) is 5.62. The molecule has 2 aliphatic rings. The van der Waals surface area contributed by atoms with Crippen LogP contribution in [0.25, 0.3) is 0 Å². The van der Waals surface area contributed by atoms with E-state index in [0.717, 1.165) is 32.5 Å². The highest BCUT2D eigenvalue weighted by atomic mass is 16.2. The molecule has 0 radical (unpaired) electrons. The van der Waals surface area contributed by atoms with E-state index in [2.05, 4.69) is 22.5 Å². The third kappa shape index (κ3) is 4.47. The molecule has 2 fully saturated rings. The lowest BCUT2D eigenvalue weighted by molar-refractivity contribution is -0.136. The zero-order valence-corrected chi connectivity index (χ0v) is 11.8. The highest BCUT2D eigenvalue weighted by molar-refractivity contribution is 5.85. The predicted octanol–water partition coefficient (Wildman–Crippen LogP) is -0.983. The zero-order valence-electron chi connectivity index (χ0n) is 11.8. The van der Waals surface area contributed by atoms with Crippen molar-refractivity contribution in [3.8, 4) is 0 Å². The van der Waals surface area contributed by atoms with E-state index in [-0.39, 0.29) is 18.4 Å². The van der Waals surface area contributed by atoms with Crippen molar-refractivity contribution in [1.82, 2.24) is 20.4 Å². The van der Waals surface area contributed by atoms with Gasteiger partial charge in [-0.2, -0.15) is 0 Å². The van der Waals surface area contributed by atoms with Crippen LogP contribution >= 0.6 is 0 Å². The Labute approximate surface area is 114 Å². The van der Waals surface area contributed by atoms with E-state index in [9.17, 15) is 9.59 Å². The van der Waals surface area contributed by atoms with Crippen LogP contribution in [-0.4, -0.2) is 73.5 Å². The summed E-state index contributed by atoms with van der Waals surface area (Å²) in [5, 5.41) is 6.19. The molecule has 1 unspecified atom stereocenters. The van der Waals surface area contributed by atoms with E-state index < -0.39 is 0 Å². The molecule has 1 atom stereocenters. The number of likely N-dealkylation sites (N-methyl/N-ethyl adjacent to an activating group) is 1. The summed E-state index contributed by atoms with van der Waals surface area (Å²) in [6, 6.07) is 0.718. The van der Waals surface area contributed by atoms with Crippen molar-refractivity contribution in [2.75, 3.05) is 39.8 Å². The maximum atomic E-state index is 12.1. The van der Waals surface area contributed by atoms with Gasteiger partial charge < -0.3 is 15.5 Å². The van der Waals surface area contributed by atoms with E-state index in [1.165, 1.54) is 4.90 Å². The topological polar surface area (TPSA) is 64.7 Å². The van der Waals surface area contributed by atoms with Gasteiger partial charge in [-0.1, -0.05) is 0 Å². The van der Waals surface area contributed by atoms with Crippen LogP contribution in [0.1, 0.15) is 19.8 Å². The molecule has 2 rings (SSSR count). The van der Waals surface area contributed by atoms with E-state index >= 15 is 0 Å². The molecule has 0 aromatic heterocycles. The number of hydrogen-bond acceptors (Lipinski definition) is 4. The number of hydrogen-bond donors (Lipinski definition) is 2. The number of rotatable bonds is 5. The second-order valence-corrected chi connectivity index (χ2v) is 5.62. The third-order valence-corrected chi connectivity index (χ3v) is 3.73. The molecule has 0 aromatic rings. The molecule has 108 valence electrons.